The molecule has 1 spiro atoms. The lowest BCUT2D eigenvalue weighted by Gasteiger charge is -2.21. The topological polar surface area (TPSA) is 31.0 Å². The van der Waals surface area contributed by atoms with Gasteiger partial charge >= 0.3 is 0 Å². The van der Waals surface area contributed by atoms with Crippen LogP contribution < -0.4 is 0 Å². The van der Waals surface area contributed by atoms with Crippen LogP contribution in [0, 0.1) is 6.92 Å². The fraction of sp³-hybridized carbons (Fsp3) is 0.417. The van der Waals surface area contributed by atoms with Crippen molar-refractivity contribution < 1.29 is 4.42 Å². The highest BCUT2D eigenvalue weighted by Crippen LogP contribution is 2.58. The molecule has 0 unspecified atom stereocenters. The Bertz CT molecular complexity index is 592. The van der Waals surface area contributed by atoms with Crippen LogP contribution in [0.25, 0.3) is 11.3 Å². The minimum Gasteiger partial charge on any atom is -0.468 e. The van der Waals surface area contributed by atoms with Crippen LogP contribution in [0.1, 0.15) is 29.7 Å². The van der Waals surface area contributed by atoms with Crippen LogP contribution in [0.2, 0.25) is 0 Å². The van der Waals surface area contributed by atoms with E-state index >= 15 is 0 Å². The zero-order valence-corrected chi connectivity index (χ0v) is 10.5. The van der Waals surface area contributed by atoms with Crippen LogP contribution in [-0.4, -0.2) is 8.81 Å². The summed E-state index contributed by atoms with van der Waals surface area (Å²) in [6, 6.07) is 0. The Hall–Kier alpha value is -1.03. The van der Waals surface area contributed by atoms with Crippen molar-refractivity contribution in [2.24, 2.45) is 0 Å². The first-order valence-corrected chi connectivity index (χ1v) is 6.24. The van der Waals surface area contributed by atoms with Crippen LogP contribution in [0.5, 0.6) is 0 Å². The number of aryl methyl sites for hydroxylation is 1. The summed E-state index contributed by atoms with van der Waals surface area (Å²) in [6.07, 6.45) is 7.43. The van der Waals surface area contributed by atoms with Crippen molar-refractivity contribution in [2.45, 2.75) is 31.6 Å². The van der Waals surface area contributed by atoms with E-state index in [4.69, 9.17) is 4.42 Å². The number of rotatable bonds is 0. The molecule has 0 aliphatic heterocycles. The first-order valence-electron chi connectivity index (χ1n) is 5.53. The monoisotopic (exact) mass is 278 g/mol. The highest BCUT2D eigenvalue weighted by Gasteiger charge is 2.51. The summed E-state index contributed by atoms with van der Waals surface area (Å²) >= 11 is 3.48. The van der Waals surface area contributed by atoms with Gasteiger partial charge in [0.2, 0.25) is 0 Å². The summed E-state index contributed by atoms with van der Waals surface area (Å²) in [6.45, 7) is 2.09. The Balaban J connectivity index is 2.09. The number of nitrogens with zero attached hydrogens (tertiary/aromatic N) is 2. The van der Waals surface area contributed by atoms with Crippen molar-refractivity contribution in [2.75, 3.05) is 0 Å². The van der Waals surface area contributed by atoms with Crippen molar-refractivity contribution in [3.05, 3.63) is 29.3 Å². The van der Waals surface area contributed by atoms with Gasteiger partial charge in [-0.1, -0.05) is 0 Å². The van der Waals surface area contributed by atoms with E-state index in [1.165, 1.54) is 35.2 Å². The van der Waals surface area contributed by atoms with Gasteiger partial charge in [0.1, 0.15) is 5.76 Å². The van der Waals surface area contributed by atoms with Crippen molar-refractivity contribution >= 4 is 16.1 Å². The molecule has 1 fully saturated rings. The molecule has 3 nitrogen and oxygen atoms in total. The quantitative estimate of drug-likeness (QED) is 0.741. The summed E-state index contributed by atoms with van der Waals surface area (Å²) in [5.41, 5.74) is 5.36. The Morgan fingerprint density at radius 1 is 1.50 bits per heavy atom. The average molecular weight is 279 g/mol. The lowest BCUT2D eigenvalue weighted by molar-refractivity contribution is 0.476. The summed E-state index contributed by atoms with van der Waals surface area (Å²) in [5.74, 6) is 1.13. The number of furan rings is 1. The van der Waals surface area contributed by atoms with Crippen molar-refractivity contribution in [3.8, 4) is 11.3 Å². The molecule has 2 aliphatic rings. The van der Waals surface area contributed by atoms with E-state index in [-0.39, 0.29) is 0 Å². The maximum Gasteiger partial charge on any atom is 0.114 e. The molecular formula is C12H11BrN2O. The van der Waals surface area contributed by atoms with Crippen LogP contribution in [0.3, 0.4) is 0 Å². The van der Waals surface area contributed by atoms with Crippen LogP contribution in [-0.2, 0) is 11.8 Å². The largest absolute Gasteiger partial charge is 0.468 e. The number of aromatic nitrogens is 2. The minimum atomic E-state index is 0.332. The third-order valence-corrected chi connectivity index (χ3v) is 4.48. The molecule has 4 heteroatoms. The van der Waals surface area contributed by atoms with Gasteiger partial charge in [-0.05, 0) is 25.3 Å². The van der Waals surface area contributed by atoms with Gasteiger partial charge < -0.3 is 4.42 Å². The van der Waals surface area contributed by atoms with E-state index in [9.17, 15) is 0 Å². The van der Waals surface area contributed by atoms with E-state index in [1.54, 1.807) is 0 Å². The van der Waals surface area contributed by atoms with Gasteiger partial charge in [-0.2, -0.15) is 8.81 Å². The second kappa shape index (κ2) is 2.62. The highest BCUT2D eigenvalue weighted by molar-refractivity contribution is 9.08. The second-order valence-corrected chi connectivity index (χ2v) is 5.61. The fourth-order valence-electron chi connectivity index (χ4n) is 2.89. The van der Waals surface area contributed by atoms with Crippen LogP contribution in [0.4, 0.5) is 0 Å². The maximum absolute atomic E-state index is 5.68. The van der Waals surface area contributed by atoms with Gasteiger partial charge in [0, 0.05) is 23.0 Å². The predicted octanol–water partition coefficient (Wildman–Crippen LogP) is 3.20. The first-order chi connectivity index (χ1) is 7.71. The molecule has 4 rings (SSSR count). The molecule has 82 valence electrons. The Morgan fingerprint density at radius 2 is 2.31 bits per heavy atom. The third-order valence-electron chi connectivity index (χ3n) is 3.94. The van der Waals surface area contributed by atoms with Gasteiger partial charge in [0.15, 0.2) is 0 Å². The molecule has 2 aromatic rings. The Kier molecular flexibility index (Phi) is 1.48. The second-order valence-electron chi connectivity index (χ2n) is 4.94. The Labute approximate surface area is 102 Å². The number of fused-ring (bicyclic) bond motifs is 4. The molecule has 0 bridgehead atoms. The molecule has 1 saturated carbocycles. The molecule has 2 heterocycles. The maximum atomic E-state index is 5.68. The smallest absolute Gasteiger partial charge is 0.114 e. The van der Waals surface area contributed by atoms with Gasteiger partial charge in [0.05, 0.1) is 34.3 Å². The molecule has 0 N–H and O–H groups in total. The number of hydrogen-bond acceptors (Lipinski definition) is 2. The normalized spacial score (nSPS) is 19.6. The summed E-state index contributed by atoms with van der Waals surface area (Å²) in [4.78, 5) is 0. The van der Waals surface area contributed by atoms with Crippen molar-refractivity contribution in [1.29, 1.82) is 0 Å². The van der Waals surface area contributed by atoms with Gasteiger partial charge in [-0.3, -0.25) is 0 Å². The van der Waals surface area contributed by atoms with Gasteiger partial charge in [-0.25, -0.2) is 0 Å². The Morgan fingerprint density at radius 3 is 3.06 bits per heavy atom. The average Bonchev–Trinajstić information content (AvgIpc) is 2.78. The third kappa shape index (κ3) is 0.919. The molecule has 0 atom stereocenters. The molecule has 2 aliphatic carbocycles. The predicted molar refractivity (Wildman–Crippen MR) is 63.6 cm³/mol. The van der Waals surface area contributed by atoms with Crippen LogP contribution in [0.15, 0.2) is 16.9 Å². The van der Waals surface area contributed by atoms with E-state index in [0.717, 1.165) is 12.2 Å². The number of halogens is 1. The van der Waals surface area contributed by atoms with E-state index in [2.05, 4.69) is 28.2 Å². The van der Waals surface area contributed by atoms with Gasteiger partial charge in [-0.15, -0.1) is 0 Å². The van der Waals surface area contributed by atoms with Crippen molar-refractivity contribution in [3.63, 3.8) is 0 Å². The molecule has 0 aromatic carbocycles. The minimum absolute atomic E-state index is 0.332. The fourth-order valence-corrected chi connectivity index (χ4v) is 3.35. The van der Waals surface area contributed by atoms with E-state index in [1.807, 2.05) is 16.2 Å². The molecule has 0 radical (unpaired) electrons. The molecule has 0 amide bonds. The molecule has 0 saturated heterocycles. The van der Waals surface area contributed by atoms with Gasteiger partial charge in [0.25, 0.3) is 0 Å². The lowest BCUT2D eigenvalue weighted by Crippen LogP contribution is -2.16. The van der Waals surface area contributed by atoms with Crippen molar-refractivity contribution in [1.82, 2.24) is 8.81 Å². The molecule has 2 aromatic heterocycles. The van der Waals surface area contributed by atoms with E-state index < -0.39 is 0 Å². The highest BCUT2D eigenvalue weighted by atomic mass is 79.9. The first kappa shape index (κ1) is 9.05. The SMILES string of the molecule is Cc1coc2c1-c1c(cnn1Br)C1(CC1)C2. The number of hydrogen-bond donors (Lipinski definition) is 0. The zero-order valence-electron chi connectivity index (χ0n) is 8.96. The lowest BCUT2D eigenvalue weighted by atomic mass is 9.83. The standard InChI is InChI=1S/C12H11BrN2O/c1-7-6-16-9-4-12(2-3-12)8-5-14-15(13)11(8)10(7)9/h5-6H,2-4H2,1H3. The van der Waals surface area contributed by atoms with E-state index in [0.29, 0.717) is 5.41 Å². The summed E-state index contributed by atoms with van der Waals surface area (Å²) in [7, 11) is 0. The van der Waals surface area contributed by atoms with Crippen LogP contribution >= 0.6 is 16.1 Å². The molecule has 16 heavy (non-hydrogen) atoms. The zero-order chi connectivity index (χ0) is 10.9. The summed E-state index contributed by atoms with van der Waals surface area (Å²) < 4.78 is 7.49. The molecular weight excluding hydrogens is 268 g/mol. The summed E-state index contributed by atoms with van der Waals surface area (Å²) in [5, 5.41) is 4.35.